The third-order valence-corrected chi connectivity index (χ3v) is 6.29. The van der Waals surface area contributed by atoms with Crippen molar-refractivity contribution < 1.29 is 4.79 Å². The summed E-state index contributed by atoms with van der Waals surface area (Å²) in [6, 6.07) is 16.3. The molecule has 0 atom stereocenters. The number of benzene rings is 2. The molecule has 1 saturated heterocycles. The van der Waals surface area contributed by atoms with Crippen LogP contribution in [-0.4, -0.2) is 33.4 Å². The number of hydrogen-bond acceptors (Lipinski definition) is 3. The lowest BCUT2D eigenvalue weighted by Gasteiger charge is -2.31. The minimum absolute atomic E-state index is 0.0626. The van der Waals surface area contributed by atoms with Crippen LogP contribution in [0.15, 0.2) is 48.5 Å². The Hall–Kier alpha value is -2.37. The summed E-state index contributed by atoms with van der Waals surface area (Å²) in [4.78, 5) is 19.9. The van der Waals surface area contributed by atoms with Crippen molar-refractivity contribution in [3.63, 3.8) is 0 Å². The maximum absolute atomic E-state index is 12.6. The topological polar surface area (TPSA) is 50.2 Å². The van der Waals surface area contributed by atoms with E-state index in [0.29, 0.717) is 17.6 Å². The Balaban J connectivity index is 1.34. The van der Waals surface area contributed by atoms with Crippen molar-refractivity contribution >= 4 is 28.5 Å². The fourth-order valence-corrected chi connectivity index (χ4v) is 4.51. The van der Waals surface area contributed by atoms with Crippen LogP contribution in [0.3, 0.4) is 0 Å². The van der Waals surface area contributed by atoms with E-state index in [-0.39, 0.29) is 11.8 Å². The van der Waals surface area contributed by atoms with Gasteiger partial charge in [0.2, 0.25) is 5.91 Å². The van der Waals surface area contributed by atoms with E-state index in [0.717, 1.165) is 49.4 Å². The van der Waals surface area contributed by atoms with E-state index >= 15 is 0 Å². The summed E-state index contributed by atoms with van der Waals surface area (Å²) in [5.41, 5.74) is 3.20. The zero-order chi connectivity index (χ0) is 21.1. The summed E-state index contributed by atoms with van der Waals surface area (Å²) >= 11 is 6.19. The van der Waals surface area contributed by atoms with Crippen molar-refractivity contribution in [3.05, 3.63) is 64.9 Å². The molecular formula is C24H29ClN4O. The fourth-order valence-electron chi connectivity index (χ4n) is 4.30. The van der Waals surface area contributed by atoms with Gasteiger partial charge in [0.25, 0.3) is 0 Å². The number of carbonyl (C=O) groups is 1. The minimum atomic E-state index is 0.0626. The summed E-state index contributed by atoms with van der Waals surface area (Å²) in [5, 5.41) is 3.75. The number of halogens is 1. The number of imidazole rings is 1. The highest BCUT2D eigenvalue weighted by Crippen LogP contribution is 2.24. The molecule has 2 heterocycles. The van der Waals surface area contributed by atoms with Crippen molar-refractivity contribution in [1.29, 1.82) is 0 Å². The lowest BCUT2D eigenvalue weighted by atomic mass is 9.96. The summed E-state index contributed by atoms with van der Waals surface area (Å²) in [7, 11) is 0. The number of carbonyl (C=O) groups excluding carboxylic acids is 1. The number of likely N-dealkylation sites (tertiary alicyclic amines) is 1. The summed E-state index contributed by atoms with van der Waals surface area (Å²) < 4.78 is 2.33. The number of aromatic nitrogens is 2. The smallest absolute Gasteiger partial charge is 0.223 e. The maximum Gasteiger partial charge on any atom is 0.223 e. The molecule has 1 fully saturated rings. The van der Waals surface area contributed by atoms with Crippen molar-refractivity contribution in [2.45, 2.75) is 45.8 Å². The number of fused-ring (bicyclic) bond motifs is 1. The van der Waals surface area contributed by atoms with Gasteiger partial charge in [0.15, 0.2) is 0 Å². The SMILES string of the molecule is CC(C)n1c(CN2CCC(C(=O)NCc3ccccc3Cl)CC2)nc2ccccc21. The normalized spacial score (nSPS) is 15.7. The van der Waals surface area contributed by atoms with E-state index in [1.807, 2.05) is 30.3 Å². The highest BCUT2D eigenvalue weighted by Gasteiger charge is 2.26. The Morgan fingerprint density at radius 1 is 1.13 bits per heavy atom. The molecule has 3 aromatic rings. The molecule has 1 aliphatic rings. The lowest BCUT2D eigenvalue weighted by Crippen LogP contribution is -2.40. The molecular weight excluding hydrogens is 396 g/mol. The van der Waals surface area contributed by atoms with Gasteiger partial charge in [-0.3, -0.25) is 9.69 Å². The second-order valence-electron chi connectivity index (χ2n) is 8.34. The third kappa shape index (κ3) is 4.52. The molecule has 1 amide bonds. The molecule has 0 aliphatic carbocycles. The average molecular weight is 425 g/mol. The number of rotatable bonds is 6. The van der Waals surface area contributed by atoms with Crippen LogP contribution in [0, 0.1) is 5.92 Å². The predicted molar refractivity (Wildman–Crippen MR) is 121 cm³/mol. The quantitative estimate of drug-likeness (QED) is 0.618. The first-order valence-electron chi connectivity index (χ1n) is 10.7. The van der Waals surface area contributed by atoms with Crippen molar-refractivity contribution in [2.24, 2.45) is 5.92 Å². The number of amides is 1. The third-order valence-electron chi connectivity index (χ3n) is 5.92. The largest absolute Gasteiger partial charge is 0.352 e. The molecule has 4 rings (SSSR count). The van der Waals surface area contributed by atoms with Gasteiger partial charge in [0.05, 0.1) is 17.6 Å². The molecule has 1 aliphatic heterocycles. The Labute approximate surface area is 183 Å². The van der Waals surface area contributed by atoms with Gasteiger partial charge in [-0.1, -0.05) is 41.9 Å². The van der Waals surface area contributed by atoms with E-state index in [4.69, 9.17) is 16.6 Å². The first-order chi connectivity index (χ1) is 14.5. The van der Waals surface area contributed by atoms with Crippen LogP contribution in [0.1, 0.15) is 44.1 Å². The van der Waals surface area contributed by atoms with Gasteiger partial charge in [-0.05, 0) is 63.5 Å². The van der Waals surface area contributed by atoms with E-state index < -0.39 is 0 Å². The van der Waals surface area contributed by atoms with Crippen LogP contribution in [0.2, 0.25) is 5.02 Å². The molecule has 158 valence electrons. The minimum Gasteiger partial charge on any atom is -0.352 e. The number of nitrogens with one attached hydrogen (secondary N) is 1. The highest BCUT2D eigenvalue weighted by molar-refractivity contribution is 6.31. The average Bonchev–Trinajstić information content (AvgIpc) is 3.11. The van der Waals surface area contributed by atoms with Crippen LogP contribution < -0.4 is 5.32 Å². The summed E-state index contributed by atoms with van der Waals surface area (Å²) in [6.07, 6.45) is 1.74. The molecule has 0 saturated carbocycles. The highest BCUT2D eigenvalue weighted by atomic mass is 35.5. The number of hydrogen-bond donors (Lipinski definition) is 1. The standard InChI is InChI=1S/C24H29ClN4O/c1-17(2)29-22-10-6-5-9-21(22)27-23(29)16-28-13-11-18(12-14-28)24(30)26-15-19-7-3-4-8-20(19)25/h3-10,17-18H,11-16H2,1-2H3,(H,26,30). The van der Waals surface area contributed by atoms with Crippen LogP contribution in [0.5, 0.6) is 0 Å². The summed E-state index contributed by atoms with van der Waals surface area (Å²) in [6.45, 7) is 7.52. The zero-order valence-corrected chi connectivity index (χ0v) is 18.4. The molecule has 6 heteroatoms. The van der Waals surface area contributed by atoms with Crippen LogP contribution in [0.25, 0.3) is 11.0 Å². The number of piperidine rings is 1. The molecule has 0 spiro atoms. The van der Waals surface area contributed by atoms with Crippen molar-refractivity contribution in [2.75, 3.05) is 13.1 Å². The van der Waals surface area contributed by atoms with Crippen LogP contribution >= 0.6 is 11.6 Å². The Kier molecular flexibility index (Phi) is 6.40. The molecule has 0 radical (unpaired) electrons. The molecule has 2 aromatic carbocycles. The second kappa shape index (κ2) is 9.19. The van der Waals surface area contributed by atoms with Crippen molar-refractivity contribution in [1.82, 2.24) is 19.8 Å². The van der Waals surface area contributed by atoms with Crippen molar-refractivity contribution in [3.8, 4) is 0 Å². The van der Waals surface area contributed by atoms with E-state index in [1.54, 1.807) is 0 Å². The van der Waals surface area contributed by atoms with Gasteiger partial charge in [0.1, 0.15) is 5.82 Å². The molecule has 0 unspecified atom stereocenters. The van der Waals surface area contributed by atoms with Gasteiger partial charge in [-0.15, -0.1) is 0 Å². The van der Waals surface area contributed by atoms with Gasteiger partial charge >= 0.3 is 0 Å². The zero-order valence-electron chi connectivity index (χ0n) is 17.6. The Morgan fingerprint density at radius 3 is 2.57 bits per heavy atom. The van der Waals surface area contributed by atoms with Gasteiger partial charge in [-0.2, -0.15) is 0 Å². The van der Waals surface area contributed by atoms with Gasteiger partial charge in [-0.25, -0.2) is 4.98 Å². The number of para-hydroxylation sites is 2. The molecule has 5 nitrogen and oxygen atoms in total. The van der Waals surface area contributed by atoms with Crippen LogP contribution in [-0.2, 0) is 17.9 Å². The van der Waals surface area contributed by atoms with E-state index in [1.165, 1.54) is 5.52 Å². The second-order valence-corrected chi connectivity index (χ2v) is 8.75. The van der Waals surface area contributed by atoms with E-state index in [2.05, 4.69) is 46.8 Å². The van der Waals surface area contributed by atoms with E-state index in [9.17, 15) is 4.79 Å². The summed E-state index contributed by atoms with van der Waals surface area (Å²) in [5.74, 6) is 1.30. The first kappa shape index (κ1) is 20.9. The van der Waals surface area contributed by atoms with Gasteiger partial charge in [0, 0.05) is 23.5 Å². The molecule has 1 N–H and O–H groups in total. The molecule has 30 heavy (non-hydrogen) atoms. The van der Waals surface area contributed by atoms with Crippen LogP contribution in [0.4, 0.5) is 0 Å². The van der Waals surface area contributed by atoms with Gasteiger partial charge < -0.3 is 9.88 Å². The first-order valence-corrected chi connectivity index (χ1v) is 11.1. The fraction of sp³-hybridized carbons (Fsp3) is 0.417. The predicted octanol–water partition coefficient (Wildman–Crippen LogP) is 4.80. The molecule has 0 bridgehead atoms. The maximum atomic E-state index is 12.6. The molecule has 1 aromatic heterocycles. The Bertz CT molecular complexity index is 1020. The number of nitrogens with zero attached hydrogens (tertiary/aromatic N) is 3. The lowest BCUT2D eigenvalue weighted by molar-refractivity contribution is -0.126. The Morgan fingerprint density at radius 2 is 1.83 bits per heavy atom. The monoisotopic (exact) mass is 424 g/mol.